The fraction of sp³-hybridized carbons (Fsp3) is 0.615. The van der Waals surface area contributed by atoms with E-state index in [9.17, 15) is 4.79 Å². The van der Waals surface area contributed by atoms with Crippen molar-refractivity contribution in [2.75, 3.05) is 0 Å². The molecular weight excluding hydrogens is 220 g/mol. The van der Waals surface area contributed by atoms with Crippen LogP contribution < -0.4 is 0 Å². The van der Waals surface area contributed by atoms with Crippen LogP contribution in [0.15, 0.2) is 12.1 Å². The molecule has 0 aromatic carbocycles. The van der Waals surface area contributed by atoms with Crippen LogP contribution in [0.1, 0.15) is 48.8 Å². The van der Waals surface area contributed by atoms with Gasteiger partial charge in [-0.2, -0.15) is 0 Å². The van der Waals surface area contributed by atoms with Crippen molar-refractivity contribution in [3.8, 4) is 0 Å². The summed E-state index contributed by atoms with van der Waals surface area (Å²) in [4.78, 5) is 13.2. The van der Waals surface area contributed by atoms with Gasteiger partial charge in [-0.05, 0) is 44.2 Å². The average molecular weight is 240 g/mol. The highest BCUT2D eigenvalue weighted by molar-refractivity contribution is 7.11. The molecule has 0 radical (unpaired) electrons. The quantitative estimate of drug-likeness (QED) is 0.700. The van der Waals surface area contributed by atoms with E-state index in [1.165, 1.54) is 29.0 Å². The number of carbonyl (C=O) groups is 1. The summed E-state index contributed by atoms with van der Waals surface area (Å²) >= 11 is 1.88. The molecule has 0 unspecified atom stereocenters. The van der Waals surface area contributed by atoms with Gasteiger partial charge >= 0.3 is 5.97 Å². The van der Waals surface area contributed by atoms with Gasteiger partial charge in [0, 0.05) is 16.2 Å². The lowest BCUT2D eigenvalue weighted by Crippen LogP contribution is -1.94. The van der Waals surface area contributed by atoms with E-state index in [2.05, 4.69) is 19.1 Å². The summed E-state index contributed by atoms with van der Waals surface area (Å²) in [6, 6.07) is 4.41. The monoisotopic (exact) mass is 240 g/mol. The molecule has 0 aliphatic heterocycles. The number of rotatable bonds is 8. The maximum Gasteiger partial charge on any atom is 0.303 e. The number of thiophene rings is 1. The van der Waals surface area contributed by atoms with E-state index >= 15 is 0 Å². The smallest absolute Gasteiger partial charge is 0.303 e. The van der Waals surface area contributed by atoms with Crippen molar-refractivity contribution < 1.29 is 9.90 Å². The number of unbranched alkanes of at least 4 members (excludes halogenated alkanes) is 2. The highest BCUT2D eigenvalue weighted by atomic mass is 32.1. The summed E-state index contributed by atoms with van der Waals surface area (Å²) in [6.45, 7) is 2.21. The van der Waals surface area contributed by atoms with E-state index in [-0.39, 0.29) is 0 Å². The molecule has 3 heteroatoms. The second kappa shape index (κ2) is 7.44. The number of carboxylic acids is 1. The lowest BCUT2D eigenvalue weighted by molar-refractivity contribution is -0.137. The van der Waals surface area contributed by atoms with Crippen LogP contribution in [0.4, 0.5) is 0 Å². The van der Waals surface area contributed by atoms with Crippen molar-refractivity contribution in [1.29, 1.82) is 0 Å². The standard InChI is InChI=1S/C13H20O2S/c1-2-3-6-11-9-10-12(16-11)7-4-5-8-13(14)15/h9-10H,2-8H2,1H3,(H,14,15). The maximum atomic E-state index is 10.3. The zero-order valence-electron chi connectivity index (χ0n) is 9.87. The molecular formula is C13H20O2S. The Morgan fingerprint density at radius 1 is 1.19 bits per heavy atom. The van der Waals surface area contributed by atoms with E-state index < -0.39 is 5.97 Å². The van der Waals surface area contributed by atoms with Crippen molar-refractivity contribution in [2.45, 2.75) is 51.9 Å². The lowest BCUT2D eigenvalue weighted by atomic mass is 10.2. The molecule has 90 valence electrons. The molecule has 1 N–H and O–H groups in total. The average Bonchev–Trinajstić information content (AvgIpc) is 2.69. The Hall–Kier alpha value is -0.830. The molecule has 1 heterocycles. The Morgan fingerprint density at radius 2 is 1.81 bits per heavy atom. The Labute approximate surface area is 101 Å². The van der Waals surface area contributed by atoms with Gasteiger partial charge in [0.05, 0.1) is 0 Å². The van der Waals surface area contributed by atoms with Crippen LogP contribution in [0.5, 0.6) is 0 Å². The van der Waals surface area contributed by atoms with Crippen molar-refractivity contribution in [2.24, 2.45) is 0 Å². The normalized spacial score (nSPS) is 10.6. The molecule has 0 aliphatic carbocycles. The van der Waals surface area contributed by atoms with E-state index in [1.807, 2.05) is 11.3 Å². The number of hydrogen-bond acceptors (Lipinski definition) is 2. The molecule has 0 bridgehead atoms. The van der Waals surface area contributed by atoms with Crippen molar-refractivity contribution in [3.05, 3.63) is 21.9 Å². The third-order valence-corrected chi connectivity index (χ3v) is 3.76. The third-order valence-electron chi connectivity index (χ3n) is 2.56. The maximum absolute atomic E-state index is 10.3. The van der Waals surface area contributed by atoms with Gasteiger partial charge in [0.2, 0.25) is 0 Å². The summed E-state index contributed by atoms with van der Waals surface area (Å²) in [5, 5.41) is 8.51. The molecule has 0 saturated heterocycles. The van der Waals surface area contributed by atoms with E-state index in [0.717, 1.165) is 19.3 Å². The van der Waals surface area contributed by atoms with Gasteiger partial charge in [-0.1, -0.05) is 13.3 Å². The first-order chi connectivity index (χ1) is 7.72. The molecule has 0 amide bonds. The SMILES string of the molecule is CCCCc1ccc(CCCCC(=O)O)s1. The minimum Gasteiger partial charge on any atom is -0.481 e. The van der Waals surface area contributed by atoms with E-state index in [0.29, 0.717) is 6.42 Å². The first-order valence-electron chi connectivity index (χ1n) is 6.01. The Morgan fingerprint density at radius 3 is 2.38 bits per heavy atom. The van der Waals surface area contributed by atoms with E-state index in [4.69, 9.17) is 5.11 Å². The minimum atomic E-state index is -0.685. The highest BCUT2D eigenvalue weighted by Gasteiger charge is 2.01. The van der Waals surface area contributed by atoms with Gasteiger partial charge in [-0.25, -0.2) is 0 Å². The molecule has 0 saturated carbocycles. The number of hydrogen-bond donors (Lipinski definition) is 1. The van der Waals surface area contributed by atoms with Gasteiger partial charge in [0.25, 0.3) is 0 Å². The topological polar surface area (TPSA) is 37.3 Å². The fourth-order valence-corrected chi connectivity index (χ4v) is 2.72. The van der Waals surface area contributed by atoms with Gasteiger partial charge < -0.3 is 5.11 Å². The fourth-order valence-electron chi connectivity index (χ4n) is 1.62. The van der Waals surface area contributed by atoms with Crippen LogP contribution in [-0.4, -0.2) is 11.1 Å². The summed E-state index contributed by atoms with van der Waals surface area (Å²) in [6.07, 6.45) is 6.80. The Balaban J connectivity index is 2.21. The van der Waals surface area contributed by atoms with Crippen molar-refractivity contribution in [3.63, 3.8) is 0 Å². The molecule has 0 aliphatic rings. The van der Waals surface area contributed by atoms with Crippen LogP contribution in [0.3, 0.4) is 0 Å². The highest BCUT2D eigenvalue weighted by Crippen LogP contribution is 2.20. The predicted molar refractivity (Wildman–Crippen MR) is 68.1 cm³/mol. The summed E-state index contributed by atoms with van der Waals surface area (Å²) in [5.41, 5.74) is 0. The first-order valence-corrected chi connectivity index (χ1v) is 6.83. The second-order valence-corrected chi connectivity index (χ2v) is 5.33. The van der Waals surface area contributed by atoms with Gasteiger partial charge in [-0.15, -0.1) is 11.3 Å². The molecule has 0 atom stereocenters. The number of carboxylic acid groups (broad SMARTS) is 1. The predicted octanol–water partition coefficient (Wildman–Crippen LogP) is 3.89. The van der Waals surface area contributed by atoms with E-state index in [1.54, 1.807) is 0 Å². The van der Waals surface area contributed by atoms with Crippen LogP contribution in [-0.2, 0) is 17.6 Å². The zero-order chi connectivity index (χ0) is 11.8. The largest absolute Gasteiger partial charge is 0.481 e. The molecule has 16 heavy (non-hydrogen) atoms. The molecule has 0 spiro atoms. The van der Waals surface area contributed by atoms with Gasteiger partial charge in [-0.3, -0.25) is 4.79 Å². The third kappa shape index (κ3) is 5.31. The van der Waals surface area contributed by atoms with Crippen LogP contribution in [0.25, 0.3) is 0 Å². The summed E-state index contributed by atoms with van der Waals surface area (Å²) in [5.74, 6) is -0.685. The molecule has 0 fully saturated rings. The lowest BCUT2D eigenvalue weighted by Gasteiger charge is -1.96. The Kier molecular flexibility index (Phi) is 6.16. The second-order valence-electron chi connectivity index (χ2n) is 4.07. The van der Waals surface area contributed by atoms with Crippen LogP contribution in [0.2, 0.25) is 0 Å². The summed E-state index contributed by atoms with van der Waals surface area (Å²) < 4.78 is 0. The first kappa shape index (κ1) is 13.2. The number of aliphatic carboxylic acids is 1. The van der Waals surface area contributed by atoms with Crippen LogP contribution >= 0.6 is 11.3 Å². The molecule has 1 aromatic heterocycles. The van der Waals surface area contributed by atoms with Crippen molar-refractivity contribution in [1.82, 2.24) is 0 Å². The van der Waals surface area contributed by atoms with Crippen molar-refractivity contribution >= 4 is 17.3 Å². The van der Waals surface area contributed by atoms with Crippen LogP contribution in [0, 0.1) is 0 Å². The molecule has 1 aromatic rings. The molecule has 1 rings (SSSR count). The summed E-state index contributed by atoms with van der Waals surface area (Å²) in [7, 11) is 0. The van der Waals surface area contributed by atoms with Gasteiger partial charge in [0.15, 0.2) is 0 Å². The Bertz CT molecular complexity index is 317. The zero-order valence-corrected chi connectivity index (χ0v) is 10.7. The van der Waals surface area contributed by atoms with Gasteiger partial charge in [0.1, 0.15) is 0 Å². The minimum absolute atomic E-state index is 0.300. The molecule has 2 nitrogen and oxygen atoms in total. The number of aryl methyl sites for hydroxylation is 2.